The number of aromatic nitrogens is 2. The van der Waals surface area contributed by atoms with Gasteiger partial charge >= 0.3 is 0 Å². The number of benzene rings is 1. The van der Waals surface area contributed by atoms with Crippen LogP contribution < -0.4 is 10.1 Å². The molecule has 0 radical (unpaired) electrons. The first-order valence-corrected chi connectivity index (χ1v) is 6.39. The molecule has 104 valence electrons. The molecular weight excluding hydrogens is 254 g/mol. The molecule has 1 amide bonds. The summed E-state index contributed by atoms with van der Waals surface area (Å²) in [6.07, 6.45) is -0.623. The average molecular weight is 271 g/mol. The van der Waals surface area contributed by atoms with Crippen molar-refractivity contribution in [3.05, 3.63) is 47.8 Å². The highest BCUT2D eigenvalue weighted by molar-refractivity contribution is 5.92. The van der Waals surface area contributed by atoms with Gasteiger partial charge in [0, 0.05) is 11.4 Å². The van der Waals surface area contributed by atoms with Crippen LogP contribution in [0.2, 0.25) is 0 Å². The molecule has 1 N–H and O–H groups in total. The third kappa shape index (κ3) is 3.78. The SMILES string of the molecule is Cc1cc(C)nc(NC(=O)[C@@H](C)Oc2ccccc2)n1. The Morgan fingerprint density at radius 1 is 1.15 bits per heavy atom. The van der Waals surface area contributed by atoms with Gasteiger partial charge in [-0.15, -0.1) is 0 Å². The molecule has 2 aromatic rings. The van der Waals surface area contributed by atoms with Gasteiger partial charge in [0.25, 0.3) is 5.91 Å². The summed E-state index contributed by atoms with van der Waals surface area (Å²) in [5.41, 5.74) is 1.62. The van der Waals surface area contributed by atoms with Crippen LogP contribution in [-0.2, 0) is 4.79 Å². The molecule has 0 aliphatic carbocycles. The van der Waals surface area contributed by atoms with Crippen LogP contribution in [0.1, 0.15) is 18.3 Å². The number of nitrogens with zero attached hydrogens (tertiary/aromatic N) is 2. The highest BCUT2D eigenvalue weighted by atomic mass is 16.5. The summed E-state index contributed by atoms with van der Waals surface area (Å²) in [6, 6.07) is 11.1. The first-order chi connectivity index (χ1) is 9.54. The molecule has 1 heterocycles. The number of rotatable bonds is 4. The van der Waals surface area contributed by atoms with Crippen molar-refractivity contribution in [2.45, 2.75) is 26.9 Å². The largest absolute Gasteiger partial charge is 0.481 e. The van der Waals surface area contributed by atoms with Gasteiger partial charge < -0.3 is 4.74 Å². The zero-order valence-corrected chi connectivity index (χ0v) is 11.8. The van der Waals surface area contributed by atoms with Crippen molar-refractivity contribution in [2.24, 2.45) is 0 Å². The number of ether oxygens (including phenoxy) is 1. The first kappa shape index (κ1) is 14.0. The van der Waals surface area contributed by atoms with Crippen molar-refractivity contribution >= 4 is 11.9 Å². The fourth-order valence-corrected chi connectivity index (χ4v) is 1.75. The predicted molar refractivity (Wildman–Crippen MR) is 76.7 cm³/mol. The molecular formula is C15H17N3O2. The van der Waals surface area contributed by atoms with Gasteiger partial charge in [-0.3, -0.25) is 10.1 Å². The Balaban J connectivity index is 2.00. The third-order valence-electron chi connectivity index (χ3n) is 2.64. The normalized spacial score (nSPS) is 11.8. The van der Waals surface area contributed by atoms with E-state index in [1.807, 2.05) is 38.1 Å². The summed E-state index contributed by atoms with van der Waals surface area (Å²) in [5, 5.41) is 2.66. The summed E-state index contributed by atoms with van der Waals surface area (Å²) >= 11 is 0. The number of para-hydroxylation sites is 1. The van der Waals surface area contributed by atoms with Crippen LogP contribution in [0.25, 0.3) is 0 Å². The Hall–Kier alpha value is -2.43. The van der Waals surface area contributed by atoms with Crippen molar-refractivity contribution in [1.82, 2.24) is 9.97 Å². The highest BCUT2D eigenvalue weighted by Crippen LogP contribution is 2.12. The van der Waals surface area contributed by atoms with Gasteiger partial charge in [0.2, 0.25) is 5.95 Å². The summed E-state index contributed by atoms with van der Waals surface area (Å²) in [4.78, 5) is 20.4. The van der Waals surface area contributed by atoms with Crippen LogP contribution in [-0.4, -0.2) is 22.0 Å². The van der Waals surface area contributed by atoms with Crippen LogP contribution in [0, 0.1) is 13.8 Å². The van der Waals surface area contributed by atoms with Gasteiger partial charge in [0.1, 0.15) is 5.75 Å². The minimum absolute atomic E-state index is 0.279. The summed E-state index contributed by atoms with van der Waals surface area (Å²) in [6.45, 7) is 5.40. The van der Waals surface area contributed by atoms with E-state index < -0.39 is 6.10 Å². The Morgan fingerprint density at radius 2 is 1.75 bits per heavy atom. The molecule has 1 atom stereocenters. The highest BCUT2D eigenvalue weighted by Gasteiger charge is 2.16. The van der Waals surface area contributed by atoms with Crippen LogP contribution in [0.4, 0.5) is 5.95 Å². The van der Waals surface area contributed by atoms with E-state index in [-0.39, 0.29) is 5.91 Å². The smallest absolute Gasteiger partial charge is 0.267 e. The molecule has 2 rings (SSSR count). The van der Waals surface area contributed by atoms with E-state index in [0.717, 1.165) is 11.4 Å². The van der Waals surface area contributed by atoms with E-state index in [1.54, 1.807) is 19.1 Å². The number of amides is 1. The van der Waals surface area contributed by atoms with Gasteiger partial charge in [-0.1, -0.05) is 18.2 Å². The van der Waals surface area contributed by atoms with Gasteiger partial charge in [-0.2, -0.15) is 0 Å². The average Bonchev–Trinajstić information content (AvgIpc) is 2.38. The van der Waals surface area contributed by atoms with Crippen molar-refractivity contribution in [3.63, 3.8) is 0 Å². The van der Waals surface area contributed by atoms with E-state index in [4.69, 9.17) is 4.74 Å². The Labute approximate surface area is 118 Å². The Kier molecular flexibility index (Phi) is 4.30. The number of aryl methyl sites for hydroxylation is 2. The summed E-state index contributed by atoms with van der Waals surface area (Å²) in [5.74, 6) is 0.673. The standard InChI is InChI=1S/C15H17N3O2/c1-10-9-11(2)17-15(16-10)18-14(19)12(3)20-13-7-5-4-6-8-13/h4-9,12H,1-3H3,(H,16,17,18,19)/t12-/m1/s1. The number of hydrogen-bond acceptors (Lipinski definition) is 4. The third-order valence-corrected chi connectivity index (χ3v) is 2.64. The molecule has 0 saturated carbocycles. The lowest BCUT2D eigenvalue weighted by atomic mass is 10.3. The van der Waals surface area contributed by atoms with Gasteiger partial charge in [0.05, 0.1) is 0 Å². The van der Waals surface area contributed by atoms with Gasteiger partial charge in [-0.25, -0.2) is 9.97 Å². The number of hydrogen-bond donors (Lipinski definition) is 1. The molecule has 1 aromatic carbocycles. The zero-order valence-electron chi connectivity index (χ0n) is 11.8. The van der Waals surface area contributed by atoms with Crippen LogP contribution >= 0.6 is 0 Å². The van der Waals surface area contributed by atoms with Gasteiger partial charge in [-0.05, 0) is 39.0 Å². The van der Waals surface area contributed by atoms with Crippen molar-refractivity contribution in [2.75, 3.05) is 5.32 Å². The maximum atomic E-state index is 12.0. The van der Waals surface area contributed by atoms with E-state index in [1.165, 1.54) is 0 Å². The molecule has 0 bridgehead atoms. The molecule has 5 heteroatoms. The van der Waals surface area contributed by atoms with E-state index in [0.29, 0.717) is 11.7 Å². The van der Waals surface area contributed by atoms with E-state index in [2.05, 4.69) is 15.3 Å². The second kappa shape index (κ2) is 6.14. The molecule has 0 spiro atoms. The Morgan fingerprint density at radius 3 is 2.35 bits per heavy atom. The second-order valence-corrected chi connectivity index (χ2v) is 4.54. The van der Waals surface area contributed by atoms with Crippen molar-refractivity contribution < 1.29 is 9.53 Å². The van der Waals surface area contributed by atoms with Crippen LogP contribution in [0.3, 0.4) is 0 Å². The van der Waals surface area contributed by atoms with Crippen LogP contribution in [0.15, 0.2) is 36.4 Å². The number of anilines is 1. The first-order valence-electron chi connectivity index (χ1n) is 6.39. The molecule has 1 aromatic heterocycles. The lowest BCUT2D eigenvalue weighted by molar-refractivity contribution is -0.122. The van der Waals surface area contributed by atoms with Crippen LogP contribution in [0.5, 0.6) is 5.75 Å². The second-order valence-electron chi connectivity index (χ2n) is 4.54. The van der Waals surface area contributed by atoms with Crippen molar-refractivity contribution in [3.8, 4) is 5.75 Å². The van der Waals surface area contributed by atoms with Gasteiger partial charge in [0.15, 0.2) is 6.10 Å². The molecule has 5 nitrogen and oxygen atoms in total. The molecule has 0 saturated heterocycles. The summed E-state index contributed by atoms with van der Waals surface area (Å²) < 4.78 is 5.54. The van der Waals surface area contributed by atoms with E-state index in [9.17, 15) is 4.79 Å². The molecule has 0 unspecified atom stereocenters. The molecule has 20 heavy (non-hydrogen) atoms. The molecule has 0 aliphatic rings. The maximum Gasteiger partial charge on any atom is 0.267 e. The minimum atomic E-state index is -0.623. The fourth-order valence-electron chi connectivity index (χ4n) is 1.75. The van der Waals surface area contributed by atoms with Crippen molar-refractivity contribution in [1.29, 1.82) is 0 Å². The maximum absolute atomic E-state index is 12.0. The molecule has 0 fully saturated rings. The topological polar surface area (TPSA) is 64.1 Å². The molecule has 0 aliphatic heterocycles. The lowest BCUT2D eigenvalue weighted by Crippen LogP contribution is -2.31. The lowest BCUT2D eigenvalue weighted by Gasteiger charge is -2.14. The number of carbonyl (C=O) groups excluding carboxylic acids is 1. The predicted octanol–water partition coefficient (Wildman–Crippen LogP) is 2.50. The minimum Gasteiger partial charge on any atom is -0.481 e. The fraction of sp³-hybridized carbons (Fsp3) is 0.267. The van der Waals surface area contributed by atoms with E-state index >= 15 is 0 Å². The number of carbonyl (C=O) groups is 1. The summed E-state index contributed by atoms with van der Waals surface area (Å²) in [7, 11) is 0. The number of nitrogens with one attached hydrogen (secondary N) is 1. The Bertz CT molecular complexity index is 579. The zero-order chi connectivity index (χ0) is 14.5. The monoisotopic (exact) mass is 271 g/mol. The quantitative estimate of drug-likeness (QED) is 0.928.